The van der Waals surface area contributed by atoms with Gasteiger partial charge in [-0.15, -0.1) is 0 Å². The number of benzene rings is 1. The Bertz CT molecular complexity index is 526. The van der Waals surface area contributed by atoms with Crippen molar-refractivity contribution in [1.29, 1.82) is 0 Å². The van der Waals surface area contributed by atoms with Gasteiger partial charge in [0.15, 0.2) is 0 Å². The average molecular weight is 304 g/mol. The van der Waals surface area contributed by atoms with Crippen LogP contribution in [0.5, 0.6) is 11.5 Å². The Kier molecular flexibility index (Phi) is 5.52. The smallest absolute Gasteiger partial charge is 0.126 e. The quantitative estimate of drug-likeness (QED) is 0.803. The molecular weight excluding hydrogens is 276 g/mol. The molecule has 1 aliphatic rings. The number of aliphatic hydroxyl groups is 1. The first-order valence-electron chi connectivity index (χ1n) is 8.08. The summed E-state index contributed by atoms with van der Waals surface area (Å²) >= 11 is 0. The topological polar surface area (TPSA) is 38.7 Å². The maximum absolute atomic E-state index is 10.1. The fourth-order valence-corrected chi connectivity index (χ4v) is 2.42. The zero-order valence-corrected chi connectivity index (χ0v) is 14.2. The number of hydrogen-bond donors (Lipinski definition) is 1. The number of rotatable bonds is 6. The Morgan fingerprint density at radius 2 is 2.18 bits per heavy atom. The predicted molar refractivity (Wildman–Crippen MR) is 89.6 cm³/mol. The van der Waals surface area contributed by atoms with Crippen LogP contribution in [0.2, 0.25) is 0 Å². The minimum atomic E-state index is -0.273. The van der Waals surface area contributed by atoms with Gasteiger partial charge >= 0.3 is 0 Å². The van der Waals surface area contributed by atoms with Gasteiger partial charge in [0.05, 0.1) is 12.7 Å². The van der Waals surface area contributed by atoms with Gasteiger partial charge in [0.2, 0.25) is 0 Å². The van der Waals surface area contributed by atoms with Crippen LogP contribution >= 0.6 is 0 Å². The van der Waals surface area contributed by atoms with E-state index in [1.807, 2.05) is 12.1 Å². The lowest BCUT2D eigenvalue weighted by atomic mass is 9.86. The van der Waals surface area contributed by atoms with Crippen LogP contribution in [-0.2, 0) is 6.42 Å². The van der Waals surface area contributed by atoms with Crippen molar-refractivity contribution in [2.75, 3.05) is 13.2 Å². The van der Waals surface area contributed by atoms with E-state index < -0.39 is 0 Å². The van der Waals surface area contributed by atoms with E-state index in [1.165, 1.54) is 11.1 Å². The molecule has 1 atom stereocenters. The van der Waals surface area contributed by atoms with Crippen LogP contribution in [0.15, 0.2) is 29.8 Å². The summed E-state index contributed by atoms with van der Waals surface area (Å²) in [6.07, 6.45) is 4.49. The van der Waals surface area contributed by atoms with Crippen molar-refractivity contribution < 1.29 is 14.6 Å². The van der Waals surface area contributed by atoms with Crippen molar-refractivity contribution in [2.45, 2.75) is 53.1 Å². The zero-order valence-electron chi connectivity index (χ0n) is 14.2. The lowest BCUT2D eigenvalue weighted by Crippen LogP contribution is -2.25. The van der Waals surface area contributed by atoms with E-state index in [4.69, 9.17) is 9.47 Å². The molecule has 0 aliphatic carbocycles. The molecule has 3 heteroatoms. The first-order chi connectivity index (χ1) is 10.4. The first-order valence-corrected chi connectivity index (χ1v) is 8.08. The van der Waals surface area contributed by atoms with Crippen LogP contribution < -0.4 is 9.47 Å². The van der Waals surface area contributed by atoms with E-state index >= 15 is 0 Å². The molecule has 1 unspecified atom stereocenters. The van der Waals surface area contributed by atoms with Crippen molar-refractivity contribution in [3.05, 3.63) is 35.4 Å². The van der Waals surface area contributed by atoms with Gasteiger partial charge in [-0.3, -0.25) is 0 Å². The second-order valence-electron chi connectivity index (χ2n) is 7.15. The summed E-state index contributed by atoms with van der Waals surface area (Å²) in [6.45, 7) is 9.61. The molecule has 3 nitrogen and oxygen atoms in total. The van der Waals surface area contributed by atoms with Crippen molar-refractivity contribution in [3.63, 3.8) is 0 Å². The van der Waals surface area contributed by atoms with Gasteiger partial charge in [-0.25, -0.2) is 0 Å². The van der Waals surface area contributed by atoms with Gasteiger partial charge in [-0.2, -0.15) is 0 Å². The Morgan fingerprint density at radius 3 is 2.91 bits per heavy atom. The van der Waals surface area contributed by atoms with E-state index in [1.54, 1.807) is 0 Å². The maximum atomic E-state index is 10.1. The molecule has 0 saturated carbocycles. The fraction of sp³-hybridized carbons (Fsp3) is 0.579. The van der Waals surface area contributed by atoms with Crippen molar-refractivity contribution in [2.24, 2.45) is 5.41 Å². The molecule has 122 valence electrons. The van der Waals surface area contributed by atoms with Crippen LogP contribution in [0.4, 0.5) is 0 Å². The maximum Gasteiger partial charge on any atom is 0.126 e. The first kappa shape index (κ1) is 16.9. The minimum absolute atomic E-state index is 0.0544. The predicted octanol–water partition coefficient (Wildman–Crippen LogP) is 4.13. The van der Waals surface area contributed by atoms with Crippen molar-refractivity contribution in [3.8, 4) is 11.5 Å². The molecule has 1 aromatic rings. The molecule has 0 saturated heterocycles. The molecule has 0 aromatic heterocycles. The van der Waals surface area contributed by atoms with E-state index in [0.29, 0.717) is 6.61 Å². The Morgan fingerprint density at radius 1 is 1.41 bits per heavy atom. The molecule has 22 heavy (non-hydrogen) atoms. The molecule has 1 aromatic carbocycles. The van der Waals surface area contributed by atoms with Gasteiger partial charge in [-0.05, 0) is 42.9 Å². The van der Waals surface area contributed by atoms with E-state index in [9.17, 15) is 5.11 Å². The molecule has 0 fully saturated rings. The summed E-state index contributed by atoms with van der Waals surface area (Å²) in [5, 5.41) is 10.1. The van der Waals surface area contributed by atoms with E-state index in [-0.39, 0.29) is 11.5 Å². The minimum Gasteiger partial charge on any atom is -0.493 e. The molecular formula is C19H28O3. The largest absolute Gasteiger partial charge is 0.493 e. The van der Waals surface area contributed by atoms with Crippen LogP contribution in [0.1, 0.15) is 46.1 Å². The average Bonchev–Trinajstić information content (AvgIpc) is 2.91. The third kappa shape index (κ3) is 4.77. The summed E-state index contributed by atoms with van der Waals surface area (Å²) in [5.41, 5.74) is 2.46. The summed E-state index contributed by atoms with van der Waals surface area (Å²) < 4.78 is 11.3. The summed E-state index contributed by atoms with van der Waals surface area (Å²) in [6, 6.07) is 6.04. The SMILES string of the molecule is CC(=CCOc1ccc2c(c1)OCC2)CCC(O)C(C)(C)C. The third-order valence-corrected chi connectivity index (χ3v) is 4.16. The normalized spacial score (nSPS) is 16.1. The van der Waals surface area contributed by atoms with Gasteiger partial charge in [0.25, 0.3) is 0 Å². The number of fused-ring (bicyclic) bond motifs is 1. The molecule has 1 N–H and O–H groups in total. The highest BCUT2D eigenvalue weighted by molar-refractivity contribution is 5.42. The second-order valence-corrected chi connectivity index (χ2v) is 7.15. The lowest BCUT2D eigenvalue weighted by Gasteiger charge is -2.25. The summed E-state index contributed by atoms with van der Waals surface area (Å²) in [4.78, 5) is 0. The monoisotopic (exact) mass is 304 g/mol. The third-order valence-electron chi connectivity index (χ3n) is 4.16. The van der Waals surface area contributed by atoms with E-state index in [0.717, 1.165) is 37.4 Å². The zero-order chi connectivity index (χ0) is 16.2. The van der Waals surface area contributed by atoms with Gasteiger partial charge in [-0.1, -0.05) is 32.4 Å². The fourth-order valence-electron chi connectivity index (χ4n) is 2.42. The van der Waals surface area contributed by atoms with Gasteiger partial charge < -0.3 is 14.6 Å². The summed E-state index contributed by atoms with van der Waals surface area (Å²) in [7, 11) is 0. The number of ether oxygens (including phenoxy) is 2. The molecule has 0 radical (unpaired) electrons. The standard InChI is InChI=1S/C19H28O3/c1-14(5-8-18(20)19(2,3)4)9-11-21-16-7-6-15-10-12-22-17(15)13-16/h6-7,9,13,18,20H,5,8,10-12H2,1-4H3. The molecule has 1 heterocycles. The van der Waals surface area contributed by atoms with E-state index in [2.05, 4.69) is 39.8 Å². The summed E-state index contributed by atoms with van der Waals surface area (Å²) in [5.74, 6) is 1.80. The van der Waals surface area contributed by atoms with Gasteiger partial charge in [0, 0.05) is 12.5 Å². The Balaban J connectivity index is 1.77. The highest BCUT2D eigenvalue weighted by atomic mass is 16.5. The molecule has 0 amide bonds. The Labute approximate surface area is 134 Å². The van der Waals surface area contributed by atoms with Crippen LogP contribution in [0.3, 0.4) is 0 Å². The highest BCUT2D eigenvalue weighted by Crippen LogP contribution is 2.29. The molecule has 2 rings (SSSR count). The molecule has 1 aliphatic heterocycles. The number of aliphatic hydroxyl groups excluding tert-OH is 1. The Hall–Kier alpha value is -1.48. The highest BCUT2D eigenvalue weighted by Gasteiger charge is 2.21. The van der Waals surface area contributed by atoms with Crippen molar-refractivity contribution >= 4 is 0 Å². The van der Waals surface area contributed by atoms with Crippen LogP contribution in [-0.4, -0.2) is 24.4 Å². The molecule has 0 spiro atoms. The number of allylic oxidation sites excluding steroid dienone is 1. The lowest BCUT2D eigenvalue weighted by molar-refractivity contribution is 0.0559. The van der Waals surface area contributed by atoms with Crippen LogP contribution in [0.25, 0.3) is 0 Å². The van der Waals surface area contributed by atoms with Crippen molar-refractivity contribution in [1.82, 2.24) is 0 Å². The van der Waals surface area contributed by atoms with Gasteiger partial charge in [0.1, 0.15) is 18.1 Å². The number of hydrogen-bond acceptors (Lipinski definition) is 3. The molecule has 0 bridgehead atoms. The second kappa shape index (κ2) is 7.19. The van der Waals surface area contributed by atoms with Crippen LogP contribution in [0, 0.1) is 5.41 Å².